The van der Waals surface area contributed by atoms with Crippen LogP contribution < -0.4 is 16.6 Å². The first-order valence-corrected chi connectivity index (χ1v) is 6.46. The van der Waals surface area contributed by atoms with E-state index in [0.29, 0.717) is 10.2 Å². The molecule has 5 nitrogen and oxygen atoms in total. The maximum atomic E-state index is 12.9. The topological polar surface area (TPSA) is 77.1 Å². The molecule has 0 spiro atoms. The van der Waals surface area contributed by atoms with Gasteiger partial charge in [0.2, 0.25) is 5.91 Å². The summed E-state index contributed by atoms with van der Waals surface area (Å²) in [5, 5.41) is 2.53. The summed E-state index contributed by atoms with van der Waals surface area (Å²) < 4.78 is 14.8. The average molecular weight is 340 g/mol. The summed E-state index contributed by atoms with van der Waals surface area (Å²) in [5.74, 6) is -0.910. The number of carbonyl (C=O) groups excluding carboxylic acids is 1. The molecule has 1 aromatic heterocycles. The Bertz CT molecular complexity index is 715. The zero-order valence-electron chi connectivity index (χ0n) is 10.3. The minimum absolute atomic E-state index is 0.125. The van der Waals surface area contributed by atoms with Crippen LogP contribution in [0.25, 0.3) is 0 Å². The van der Waals surface area contributed by atoms with Crippen LogP contribution in [0.5, 0.6) is 0 Å². The number of hydrogen-bond acceptors (Lipinski definition) is 3. The van der Waals surface area contributed by atoms with Gasteiger partial charge in [0.15, 0.2) is 0 Å². The molecule has 0 aliphatic carbocycles. The molecule has 1 aromatic carbocycles. The molecule has 3 N–H and O–H groups in total. The highest BCUT2D eigenvalue weighted by molar-refractivity contribution is 9.10. The molecule has 0 unspecified atom stereocenters. The molecule has 0 saturated carbocycles. The first-order valence-electron chi connectivity index (χ1n) is 5.66. The third-order valence-corrected chi connectivity index (χ3v) is 3.02. The summed E-state index contributed by atoms with van der Waals surface area (Å²) in [6.07, 6.45) is 1.51. The van der Waals surface area contributed by atoms with Crippen LogP contribution in [0.4, 0.5) is 15.8 Å². The number of nitrogens with one attached hydrogen (secondary N) is 1. The summed E-state index contributed by atoms with van der Waals surface area (Å²) in [4.78, 5) is 23.4. The smallest absolute Gasteiger partial charge is 0.251 e. The van der Waals surface area contributed by atoms with Crippen molar-refractivity contribution in [1.82, 2.24) is 4.57 Å². The number of nitrogen functional groups attached to an aromatic ring is 1. The standard InChI is InChI=1S/C13H11BrFN3O2/c14-8-1-4-13(20)18(6-8)7-12(19)17-11-3-2-9(15)5-10(11)16/h1-6H,7,16H2,(H,17,19). The van der Waals surface area contributed by atoms with Gasteiger partial charge in [-0.2, -0.15) is 0 Å². The van der Waals surface area contributed by atoms with Crippen LogP contribution in [0.1, 0.15) is 0 Å². The van der Waals surface area contributed by atoms with E-state index >= 15 is 0 Å². The van der Waals surface area contributed by atoms with E-state index in [1.165, 1.54) is 29.0 Å². The molecule has 0 fully saturated rings. The average Bonchev–Trinajstić information content (AvgIpc) is 2.37. The molecule has 0 atom stereocenters. The first-order chi connectivity index (χ1) is 9.45. The van der Waals surface area contributed by atoms with E-state index < -0.39 is 11.7 Å². The van der Waals surface area contributed by atoms with Crippen molar-refractivity contribution in [3.05, 3.63) is 57.2 Å². The zero-order chi connectivity index (χ0) is 14.7. The Kier molecular flexibility index (Phi) is 4.19. The van der Waals surface area contributed by atoms with E-state index in [1.807, 2.05) is 0 Å². The number of benzene rings is 1. The van der Waals surface area contributed by atoms with Crippen LogP contribution in [0, 0.1) is 5.82 Å². The fraction of sp³-hybridized carbons (Fsp3) is 0.0769. The molecule has 2 rings (SSSR count). The van der Waals surface area contributed by atoms with Crippen LogP contribution in [-0.2, 0) is 11.3 Å². The van der Waals surface area contributed by atoms with Gasteiger partial charge in [-0.25, -0.2) is 4.39 Å². The van der Waals surface area contributed by atoms with Crippen LogP contribution in [-0.4, -0.2) is 10.5 Å². The van der Waals surface area contributed by atoms with Crippen molar-refractivity contribution >= 4 is 33.2 Å². The molecule has 20 heavy (non-hydrogen) atoms. The van der Waals surface area contributed by atoms with E-state index in [-0.39, 0.29) is 17.8 Å². The van der Waals surface area contributed by atoms with Crippen molar-refractivity contribution in [1.29, 1.82) is 0 Å². The number of pyridine rings is 1. The maximum absolute atomic E-state index is 12.9. The minimum Gasteiger partial charge on any atom is -0.397 e. The molecule has 1 heterocycles. The summed E-state index contributed by atoms with van der Waals surface area (Å²) in [6.45, 7) is -0.158. The molecule has 0 aliphatic heterocycles. The van der Waals surface area contributed by atoms with Crippen molar-refractivity contribution in [2.45, 2.75) is 6.54 Å². The van der Waals surface area contributed by atoms with E-state index in [9.17, 15) is 14.0 Å². The van der Waals surface area contributed by atoms with Gasteiger partial charge in [0.05, 0.1) is 11.4 Å². The zero-order valence-corrected chi connectivity index (χ0v) is 11.9. The van der Waals surface area contributed by atoms with Crippen LogP contribution in [0.2, 0.25) is 0 Å². The molecule has 0 radical (unpaired) electrons. The van der Waals surface area contributed by atoms with E-state index in [2.05, 4.69) is 21.2 Å². The van der Waals surface area contributed by atoms with Crippen molar-refractivity contribution in [3.63, 3.8) is 0 Å². The lowest BCUT2D eigenvalue weighted by molar-refractivity contribution is -0.116. The van der Waals surface area contributed by atoms with Gasteiger partial charge < -0.3 is 15.6 Å². The maximum Gasteiger partial charge on any atom is 0.251 e. The Hall–Kier alpha value is -2.15. The van der Waals surface area contributed by atoms with Gasteiger partial charge in [-0.1, -0.05) is 0 Å². The third-order valence-electron chi connectivity index (χ3n) is 2.55. The second-order valence-electron chi connectivity index (χ2n) is 4.09. The van der Waals surface area contributed by atoms with Gasteiger partial charge in [-0.3, -0.25) is 9.59 Å². The highest BCUT2D eigenvalue weighted by Gasteiger charge is 2.08. The minimum atomic E-state index is -0.483. The largest absolute Gasteiger partial charge is 0.397 e. The molecule has 0 saturated heterocycles. The Morgan fingerprint density at radius 2 is 2.10 bits per heavy atom. The van der Waals surface area contributed by atoms with Crippen molar-refractivity contribution < 1.29 is 9.18 Å². The lowest BCUT2D eigenvalue weighted by Gasteiger charge is -2.09. The number of aromatic nitrogens is 1. The second-order valence-corrected chi connectivity index (χ2v) is 5.01. The number of nitrogens with two attached hydrogens (primary N) is 1. The molecule has 2 aromatic rings. The van der Waals surface area contributed by atoms with Gasteiger partial charge in [0.1, 0.15) is 12.4 Å². The number of nitrogens with zero attached hydrogens (tertiary/aromatic N) is 1. The molecule has 104 valence electrons. The van der Waals surface area contributed by atoms with Crippen molar-refractivity contribution in [3.8, 4) is 0 Å². The van der Waals surface area contributed by atoms with Crippen LogP contribution >= 0.6 is 15.9 Å². The van der Waals surface area contributed by atoms with Gasteiger partial charge in [-0.05, 0) is 40.2 Å². The summed E-state index contributed by atoms with van der Waals surface area (Å²) >= 11 is 3.22. The van der Waals surface area contributed by atoms with Crippen LogP contribution in [0.3, 0.4) is 0 Å². The summed E-state index contributed by atoms with van der Waals surface area (Å²) in [7, 11) is 0. The number of rotatable bonds is 3. The van der Waals surface area contributed by atoms with Gasteiger partial charge in [0.25, 0.3) is 5.56 Å². The second kappa shape index (κ2) is 5.87. The fourth-order valence-electron chi connectivity index (χ4n) is 1.62. The Balaban J connectivity index is 2.13. The lowest BCUT2D eigenvalue weighted by atomic mass is 10.2. The normalized spacial score (nSPS) is 10.3. The predicted octanol–water partition coefficient (Wildman–Crippen LogP) is 1.97. The summed E-state index contributed by atoms with van der Waals surface area (Å²) in [5.41, 5.74) is 5.72. The van der Waals surface area contributed by atoms with E-state index in [4.69, 9.17) is 5.73 Å². The molecule has 0 bridgehead atoms. The predicted molar refractivity (Wildman–Crippen MR) is 77.8 cm³/mol. The van der Waals surface area contributed by atoms with Gasteiger partial charge in [-0.15, -0.1) is 0 Å². The SMILES string of the molecule is Nc1cc(F)ccc1NC(=O)Cn1cc(Br)ccc1=O. The van der Waals surface area contributed by atoms with Gasteiger partial charge >= 0.3 is 0 Å². The molecule has 0 aliphatic rings. The molecule has 7 heteroatoms. The Morgan fingerprint density at radius 3 is 2.80 bits per heavy atom. The van der Waals surface area contributed by atoms with E-state index in [0.717, 1.165) is 6.07 Å². The summed E-state index contributed by atoms with van der Waals surface area (Å²) in [6, 6.07) is 6.61. The van der Waals surface area contributed by atoms with E-state index in [1.54, 1.807) is 6.07 Å². The quantitative estimate of drug-likeness (QED) is 0.839. The van der Waals surface area contributed by atoms with Crippen molar-refractivity contribution in [2.24, 2.45) is 0 Å². The number of halogens is 2. The third kappa shape index (κ3) is 3.45. The number of amides is 1. The highest BCUT2D eigenvalue weighted by atomic mass is 79.9. The highest BCUT2D eigenvalue weighted by Crippen LogP contribution is 2.18. The lowest BCUT2D eigenvalue weighted by Crippen LogP contribution is -2.26. The van der Waals surface area contributed by atoms with Crippen molar-refractivity contribution in [2.75, 3.05) is 11.1 Å². The first kappa shape index (κ1) is 14.3. The van der Waals surface area contributed by atoms with Gasteiger partial charge in [0, 0.05) is 16.7 Å². The Morgan fingerprint density at radius 1 is 1.35 bits per heavy atom. The molecular weight excluding hydrogens is 329 g/mol. The van der Waals surface area contributed by atoms with Crippen LogP contribution in [0.15, 0.2) is 45.8 Å². The molecular formula is C13H11BrFN3O2. The molecule has 1 amide bonds. The fourth-order valence-corrected chi connectivity index (χ4v) is 2.00. The number of hydrogen-bond donors (Lipinski definition) is 2. The monoisotopic (exact) mass is 339 g/mol. The number of anilines is 2. The Labute approximate surface area is 122 Å². The number of carbonyl (C=O) groups is 1.